The monoisotopic (exact) mass is 183 g/mol. The first-order chi connectivity index (χ1) is 5.58. The summed E-state index contributed by atoms with van der Waals surface area (Å²) in [5, 5.41) is 0.754. The van der Waals surface area contributed by atoms with Gasteiger partial charge in [0.2, 0.25) is 0 Å². The summed E-state index contributed by atoms with van der Waals surface area (Å²) in [5.74, 6) is 0. The van der Waals surface area contributed by atoms with Crippen molar-refractivity contribution >= 4 is 11.6 Å². The van der Waals surface area contributed by atoms with Crippen molar-refractivity contribution in [3.05, 3.63) is 34.9 Å². The number of benzene rings is 1. The van der Waals surface area contributed by atoms with Crippen molar-refractivity contribution in [2.75, 3.05) is 0 Å². The van der Waals surface area contributed by atoms with Gasteiger partial charge >= 0.3 is 0 Å². The van der Waals surface area contributed by atoms with Gasteiger partial charge in [-0.15, -0.1) is 0 Å². The fourth-order valence-electron chi connectivity index (χ4n) is 1.11. The number of nitrogens with two attached hydrogens (primary N) is 1. The molecule has 0 amide bonds. The van der Waals surface area contributed by atoms with E-state index in [1.165, 1.54) is 0 Å². The lowest BCUT2D eigenvalue weighted by atomic mass is 9.91. The zero-order valence-electron chi connectivity index (χ0n) is 7.47. The first-order valence-electron chi connectivity index (χ1n) is 4.12. The fraction of sp³-hybridized carbons (Fsp3) is 0.400. The first-order valence-corrected chi connectivity index (χ1v) is 4.49. The molecule has 1 unspecified atom stereocenters. The molecule has 0 heterocycles. The Kier molecular flexibility index (Phi) is 2.76. The summed E-state index contributed by atoms with van der Waals surface area (Å²) < 4.78 is 0. The van der Waals surface area contributed by atoms with Gasteiger partial charge in [0.25, 0.3) is 0 Å². The molecule has 66 valence electrons. The van der Waals surface area contributed by atoms with Crippen LogP contribution in [-0.4, -0.2) is 0 Å². The molecule has 0 aliphatic heterocycles. The quantitative estimate of drug-likeness (QED) is 0.750. The van der Waals surface area contributed by atoms with E-state index in [9.17, 15) is 0 Å². The van der Waals surface area contributed by atoms with Gasteiger partial charge in [0.15, 0.2) is 0 Å². The second-order valence-electron chi connectivity index (χ2n) is 3.25. The van der Waals surface area contributed by atoms with Crippen molar-refractivity contribution in [1.29, 1.82) is 0 Å². The highest BCUT2D eigenvalue weighted by molar-refractivity contribution is 6.31. The highest BCUT2D eigenvalue weighted by Gasteiger charge is 2.20. The van der Waals surface area contributed by atoms with Crippen LogP contribution < -0.4 is 5.73 Å². The molecule has 0 bridgehead atoms. The Morgan fingerprint density at radius 1 is 1.42 bits per heavy atom. The average molecular weight is 184 g/mol. The molecule has 0 spiro atoms. The molecule has 2 N–H and O–H groups in total. The van der Waals surface area contributed by atoms with E-state index in [-0.39, 0.29) is 5.54 Å². The van der Waals surface area contributed by atoms with Crippen LogP contribution in [0.3, 0.4) is 0 Å². The van der Waals surface area contributed by atoms with Gasteiger partial charge < -0.3 is 5.73 Å². The number of halogens is 1. The minimum absolute atomic E-state index is 0.307. The van der Waals surface area contributed by atoms with Crippen LogP contribution in [0, 0.1) is 0 Å². The smallest absolute Gasteiger partial charge is 0.0456 e. The van der Waals surface area contributed by atoms with Crippen molar-refractivity contribution in [2.45, 2.75) is 25.8 Å². The summed E-state index contributed by atoms with van der Waals surface area (Å²) >= 11 is 6.01. The van der Waals surface area contributed by atoms with Crippen molar-refractivity contribution in [3.8, 4) is 0 Å². The molecule has 12 heavy (non-hydrogen) atoms. The van der Waals surface area contributed by atoms with Gasteiger partial charge in [0.05, 0.1) is 0 Å². The molecule has 0 fully saturated rings. The molecular weight excluding hydrogens is 170 g/mol. The topological polar surface area (TPSA) is 26.0 Å². The van der Waals surface area contributed by atoms with Gasteiger partial charge in [-0.1, -0.05) is 36.7 Å². The lowest BCUT2D eigenvalue weighted by molar-refractivity contribution is 0.477. The van der Waals surface area contributed by atoms with E-state index >= 15 is 0 Å². The van der Waals surface area contributed by atoms with Crippen LogP contribution in [-0.2, 0) is 5.54 Å². The Bertz CT molecular complexity index is 268. The van der Waals surface area contributed by atoms with Crippen LogP contribution in [0.2, 0.25) is 5.02 Å². The molecule has 0 aliphatic carbocycles. The Hall–Kier alpha value is -0.530. The molecule has 0 saturated carbocycles. The fourth-order valence-corrected chi connectivity index (χ4v) is 1.47. The van der Waals surface area contributed by atoms with Crippen LogP contribution >= 0.6 is 11.6 Å². The van der Waals surface area contributed by atoms with Gasteiger partial charge in [-0.2, -0.15) is 0 Å². The normalized spacial score (nSPS) is 15.7. The summed E-state index contributed by atoms with van der Waals surface area (Å²) in [4.78, 5) is 0. The highest BCUT2D eigenvalue weighted by Crippen LogP contribution is 2.27. The molecule has 1 atom stereocenters. The van der Waals surface area contributed by atoms with E-state index in [1.54, 1.807) is 0 Å². The summed E-state index contributed by atoms with van der Waals surface area (Å²) in [7, 11) is 0. The maximum atomic E-state index is 6.05. The Morgan fingerprint density at radius 3 is 2.50 bits per heavy atom. The van der Waals surface area contributed by atoms with Crippen LogP contribution in [0.4, 0.5) is 0 Å². The highest BCUT2D eigenvalue weighted by atomic mass is 35.5. The minimum atomic E-state index is -0.307. The van der Waals surface area contributed by atoms with Gasteiger partial charge in [-0.3, -0.25) is 0 Å². The maximum Gasteiger partial charge on any atom is 0.0456 e. The average Bonchev–Trinajstić information content (AvgIpc) is 2.05. The Labute approximate surface area is 78.5 Å². The summed E-state index contributed by atoms with van der Waals surface area (Å²) in [6.45, 7) is 4.05. The van der Waals surface area contributed by atoms with Crippen molar-refractivity contribution in [1.82, 2.24) is 0 Å². The molecule has 1 aromatic carbocycles. The van der Waals surface area contributed by atoms with Crippen LogP contribution in [0.1, 0.15) is 25.8 Å². The lowest BCUT2D eigenvalue weighted by Gasteiger charge is -2.24. The van der Waals surface area contributed by atoms with Gasteiger partial charge in [0.1, 0.15) is 0 Å². The summed E-state index contributed by atoms with van der Waals surface area (Å²) in [6, 6.07) is 7.73. The molecule has 1 aromatic rings. The first kappa shape index (κ1) is 9.56. The third kappa shape index (κ3) is 1.79. The standard InChI is InChI=1S/C10H14ClN/c1-3-10(2,12)8-6-4-5-7-9(8)11/h4-7H,3,12H2,1-2H3. The van der Waals surface area contributed by atoms with Crippen LogP contribution in [0.15, 0.2) is 24.3 Å². The van der Waals surface area contributed by atoms with E-state index in [0.29, 0.717) is 0 Å². The number of rotatable bonds is 2. The second-order valence-corrected chi connectivity index (χ2v) is 3.66. The third-order valence-electron chi connectivity index (χ3n) is 2.22. The van der Waals surface area contributed by atoms with Crippen molar-refractivity contribution in [2.24, 2.45) is 5.73 Å². The maximum absolute atomic E-state index is 6.05. The molecule has 0 radical (unpaired) electrons. The van der Waals surface area contributed by atoms with Gasteiger partial charge in [-0.05, 0) is 25.0 Å². The number of hydrogen-bond donors (Lipinski definition) is 1. The zero-order valence-corrected chi connectivity index (χ0v) is 8.23. The van der Waals surface area contributed by atoms with Crippen molar-refractivity contribution < 1.29 is 0 Å². The predicted molar refractivity (Wildman–Crippen MR) is 53.3 cm³/mol. The Balaban J connectivity index is 3.10. The lowest BCUT2D eigenvalue weighted by Crippen LogP contribution is -2.32. The number of hydrogen-bond acceptors (Lipinski definition) is 1. The SMILES string of the molecule is CCC(C)(N)c1ccccc1Cl. The van der Waals surface area contributed by atoms with E-state index in [1.807, 2.05) is 31.2 Å². The summed E-state index contributed by atoms with van der Waals surface area (Å²) in [5.41, 5.74) is 6.77. The van der Waals surface area contributed by atoms with Gasteiger partial charge in [0, 0.05) is 10.6 Å². The molecule has 1 nitrogen and oxygen atoms in total. The zero-order chi connectivity index (χ0) is 9.19. The molecule has 1 rings (SSSR count). The third-order valence-corrected chi connectivity index (χ3v) is 2.55. The second kappa shape index (κ2) is 3.46. The van der Waals surface area contributed by atoms with Gasteiger partial charge in [-0.25, -0.2) is 0 Å². The predicted octanol–water partition coefficient (Wildman–Crippen LogP) is 2.92. The van der Waals surface area contributed by atoms with E-state index < -0.39 is 0 Å². The minimum Gasteiger partial charge on any atom is -0.322 e. The molecule has 0 aromatic heterocycles. The van der Waals surface area contributed by atoms with Crippen LogP contribution in [0.5, 0.6) is 0 Å². The molecule has 2 heteroatoms. The molecular formula is C10H14ClN. The molecule has 0 saturated heterocycles. The van der Waals surface area contributed by atoms with E-state index in [4.69, 9.17) is 17.3 Å². The van der Waals surface area contributed by atoms with E-state index in [2.05, 4.69) is 6.92 Å². The van der Waals surface area contributed by atoms with Crippen LogP contribution in [0.25, 0.3) is 0 Å². The largest absolute Gasteiger partial charge is 0.322 e. The summed E-state index contributed by atoms with van der Waals surface area (Å²) in [6.07, 6.45) is 0.886. The molecule has 0 aliphatic rings. The van der Waals surface area contributed by atoms with E-state index in [0.717, 1.165) is 17.0 Å². The van der Waals surface area contributed by atoms with Crippen molar-refractivity contribution in [3.63, 3.8) is 0 Å². The Morgan fingerprint density at radius 2 is 2.00 bits per heavy atom.